The highest BCUT2D eigenvalue weighted by Crippen LogP contribution is 2.35. The van der Waals surface area contributed by atoms with Crippen LogP contribution in [0.15, 0.2) is 35.6 Å². The van der Waals surface area contributed by atoms with Crippen molar-refractivity contribution in [2.75, 3.05) is 0 Å². The predicted octanol–water partition coefficient (Wildman–Crippen LogP) is 3.82. The van der Waals surface area contributed by atoms with Crippen molar-refractivity contribution in [1.82, 2.24) is 9.38 Å². The maximum absolute atomic E-state index is 11.4. The van der Waals surface area contributed by atoms with Crippen LogP contribution in [0.1, 0.15) is 22.3 Å². The molecule has 0 saturated heterocycles. The second kappa shape index (κ2) is 5.35. The quantitative estimate of drug-likeness (QED) is 0.747. The van der Waals surface area contributed by atoms with Crippen LogP contribution in [-0.2, 0) is 6.61 Å². The van der Waals surface area contributed by atoms with E-state index in [2.05, 4.69) is 22.3 Å². The molecule has 1 aromatic carbocycles. The lowest BCUT2D eigenvalue weighted by molar-refractivity contribution is 0.282. The van der Waals surface area contributed by atoms with Gasteiger partial charge in [-0.05, 0) is 54.8 Å². The van der Waals surface area contributed by atoms with Gasteiger partial charge >= 0.3 is 0 Å². The number of pyridine rings is 1. The van der Waals surface area contributed by atoms with Gasteiger partial charge in [0.15, 0.2) is 0 Å². The topological polar surface area (TPSA) is 67.0 Å². The monoisotopic (exact) mass is 295 g/mol. The zero-order valence-electron chi connectivity index (χ0n) is 12.8. The summed E-state index contributed by atoms with van der Waals surface area (Å²) in [6.45, 7) is 5.99. The summed E-state index contributed by atoms with van der Waals surface area (Å²) in [5.74, 6) is 0.287. The van der Waals surface area contributed by atoms with E-state index in [0.717, 1.165) is 22.3 Å². The summed E-state index contributed by atoms with van der Waals surface area (Å²) in [5.41, 5.74) is 6.18. The van der Waals surface area contributed by atoms with E-state index in [-0.39, 0.29) is 12.4 Å². The molecule has 0 aliphatic carbocycles. The largest absolute Gasteiger partial charge is 0.392 e. The van der Waals surface area contributed by atoms with Gasteiger partial charge in [-0.1, -0.05) is 17.7 Å². The van der Waals surface area contributed by atoms with E-state index in [1.165, 1.54) is 5.56 Å². The van der Waals surface area contributed by atoms with Gasteiger partial charge in [0.2, 0.25) is 5.82 Å². The molecule has 2 aromatic heterocycles. The first-order valence-corrected chi connectivity index (χ1v) is 7.08. The van der Waals surface area contributed by atoms with Crippen LogP contribution < -0.4 is 0 Å². The van der Waals surface area contributed by atoms with E-state index >= 15 is 0 Å². The Bertz CT molecular complexity index is 858. The molecule has 0 spiro atoms. The van der Waals surface area contributed by atoms with Crippen molar-refractivity contribution in [2.24, 2.45) is 5.18 Å². The van der Waals surface area contributed by atoms with E-state index in [4.69, 9.17) is 0 Å². The number of aliphatic hydroxyl groups is 1. The molecule has 5 heteroatoms. The van der Waals surface area contributed by atoms with Gasteiger partial charge in [0, 0.05) is 11.8 Å². The lowest BCUT2D eigenvalue weighted by Crippen LogP contribution is -1.90. The molecule has 3 rings (SSSR count). The fourth-order valence-corrected chi connectivity index (χ4v) is 2.98. The van der Waals surface area contributed by atoms with Crippen LogP contribution in [0.2, 0.25) is 0 Å². The Labute approximate surface area is 128 Å². The standard InChI is InChI=1S/C17H17N3O2/c1-10-6-11(2)15(12(3)7-10)16-17(19-22)20-5-4-13(9-21)8-14(20)18-16/h4-8,21H,9H2,1-3H3. The molecule has 0 atom stereocenters. The normalized spacial score (nSPS) is 11.1. The first-order chi connectivity index (χ1) is 10.5. The average molecular weight is 295 g/mol. The molecule has 0 fully saturated rings. The summed E-state index contributed by atoms with van der Waals surface area (Å²) >= 11 is 0. The third-order valence-corrected chi connectivity index (χ3v) is 3.85. The van der Waals surface area contributed by atoms with Gasteiger partial charge in [-0.25, -0.2) is 4.98 Å². The minimum Gasteiger partial charge on any atom is -0.392 e. The molecule has 22 heavy (non-hydrogen) atoms. The van der Waals surface area contributed by atoms with Crippen LogP contribution >= 0.6 is 0 Å². The van der Waals surface area contributed by atoms with Gasteiger partial charge < -0.3 is 5.11 Å². The van der Waals surface area contributed by atoms with Gasteiger partial charge in [-0.2, -0.15) is 0 Å². The first kappa shape index (κ1) is 14.4. The Morgan fingerprint density at radius 3 is 2.45 bits per heavy atom. The van der Waals surface area contributed by atoms with Crippen LogP contribution in [0.25, 0.3) is 16.9 Å². The number of nitrogens with zero attached hydrogens (tertiary/aromatic N) is 3. The highest BCUT2D eigenvalue weighted by molar-refractivity contribution is 5.79. The summed E-state index contributed by atoms with van der Waals surface area (Å²) in [5, 5.41) is 12.4. The average Bonchev–Trinajstić information content (AvgIpc) is 2.83. The van der Waals surface area contributed by atoms with Crippen molar-refractivity contribution >= 4 is 11.5 Å². The fourth-order valence-electron chi connectivity index (χ4n) is 2.98. The summed E-state index contributed by atoms with van der Waals surface area (Å²) in [6, 6.07) is 7.65. The number of nitroso groups, excluding NO2 is 1. The number of benzene rings is 1. The van der Waals surface area contributed by atoms with Crippen molar-refractivity contribution < 1.29 is 5.11 Å². The van der Waals surface area contributed by atoms with E-state index in [0.29, 0.717) is 11.3 Å². The minimum atomic E-state index is -0.0644. The Kier molecular flexibility index (Phi) is 3.50. The number of hydrogen-bond acceptors (Lipinski definition) is 4. The maximum atomic E-state index is 11.4. The number of aliphatic hydroxyl groups excluding tert-OH is 1. The second-order valence-corrected chi connectivity index (χ2v) is 5.57. The van der Waals surface area contributed by atoms with Crippen molar-refractivity contribution in [3.63, 3.8) is 0 Å². The third-order valence-electron chi connectivity index (χ3n) is 3.85. The number of imidazole rings is 1. The zero-order chi connectivity index (χ0) is 15.9. The Morgan fingerprint density at radius 1 is 1.18 bits per heavy atom. The zero-order valence-corrected chi connectivity index (χ0v) is 12.8. The van der Waals surface area contributed by atoms with E-state index in [1.807, 2.05) is 20.8 Å². The summed E-state index contributed by atoms with van der Waals surface area (Å²) in [4.78, 5) is 15.9. The second-order valence-electron chi connectivity index (χ2n) is 5.57. The Hall–Kier alpha value is -2.53. The molecule has 0 radical (unpaired) electrons. The molecular weight excluding hydrogens is 278 g/mol. The molecule has 0 aliphatic heterocycles. The van der Waals surface area contributed by atoms with Crippen molar-refractivity contribution in [3.8, 4) is 11.3 Å². The van der Waals surface area contributed by atoms with Crippen molar-refractivity contribution in [3.05, 3.63) is 57.6 Å². The minimum absolute atomic E-state index is 0.0644. The fraction of sp³-hybridized carbons (Fsp3) is 0.235. The lowest BCUT2D eigenvalue weighted by atomic mass is 9.97. The Balaban J connectivity index is 2.34. The molecule has 0 saturated carbocycles. The number of aromatic nitrogens is 2. The van der Waals surface area contributed by atoms with Crippen molar-refractivity contribution in [2.45, 2.75) is 27.4 Å². The molecule has 5 nitrogen and oxygen atoms in total. The van der Waals surface area contributed by atoms with Gasteiger partial charge in [0.25, 0.3) is 0 Å². The van der Waals surface area contributed by atoms with Crippen LogP contribution in [0, 0.1) is 25.7 Å². The van der Waals surface area contributed by atoms with E-state index in [9.17, 15) is 10.0 Å². The molecular formula is C17H17N3O2. The van der Waals surface area contributed by atoms with Gasteiger partial charge in [-0.15, -0.1) is 4.91 Å². The molecule has 112 valence electrons. The van der Waals surface area contributed by atoms with Gasteiger partial charge in [0.1, 0.15) is 11.3 Å². The Morgan fingerprint density at radius 2 is 1.86 bits per heavy atom. The first-order valence-electron chi connectivity index (χ1n) is 7.08. The highest BCUT2D eigenvalue weighted by Gasteiger charge is 2.18. The summed E-state index contributed by atoms with van der Waals surface area (Å²) < 4.78 is 1.65. The summed E-state index contributed by atoms with van der Waals surface area (Å²) in [7, 11) is 0. The summed E-state index contributed by atoms with van der Waals surface area (Å²) in [6.07, 6.45) is 1.72. The van der Waals surface area contributed by atoms with E-state index in [1.54, 1.807) is 22.7 Å². The van der Waals surface area contributed by atoms with Crippen LogP contribution in [0.5, 0.6) is 0 Å². The van der Waals surface area contributed by atoms with E-state index < -0.39 is 0 Å². The highest BCUT2D eigenvalue weighted by atomic mass is 16.3. The van der Waals surface area contributed by atoms with Crippen LogP contribution in [0.3, 0.4) is 0 Å². The lowest BCUT2D eigenvalue weighted by Gasteiger charge is -2.09. The predicted molar refractivity (Wildman–Crippen MR) is 86.2 cm³/mol. The maximum Gasteiger partial charge on any atom is 0.209 e. The van der Waals surface area contributed by atoms with Gasteiger partial charge in [-0.3, -0.25) is 4.40 Å². The smallest absolute Gasteiger partial charge is 0.209 e. The van der Waals surface area contributed by atoms with Crippen LogP contribution in [0.4, 0.5) is 5.82 Å². The van der Waals surface area contributed by atoms with Crippen molar-refractivity contribution in [1.29, 1.82) is 0 Å². The van der Waals surface area contributed by atoms with Gasteiger partial charge in [0.05, 0.1) is 6.61 Å². The molecule has 0 aliphatic rings. The molecule has 3 aromatic rings. The SMILES string of the molecule is Cc1cc(C)c(-c2nc3cc(CO)ccn3c2N=O)c(C)c1. The molecule has 1 N–H and O–H groups in total. The number of fused-ring (bicyclic) bond motifs is 1. The molecule has 0 bridgehead atoms. The number of aryl methyl sites for hydroxylation is 3. The van der Waals surface area contributed by atoms with Crippen LogP contribution in [-0.4, -0.2) is 14.5 Å². The number of rotatable bonds is 3. The number of hydrogen-bond donors (Lipinski definition) is 1. The molecule has 0 unspecified atom stereocenters. The molecule has 0 amide bonds. The third kappa shape index (κ3) is 2.19. The molecule has 2 heterocycles.